The van der Waals surface area contributed by atoms with Gasteiger partial charge in [0.2, 0.25) is 0 Å². The van der Waals surface area contributed by atoms with E-state index in [9.17, 15) is 9.59 Å². The molecule has 0 saturated heterocycles. The summed E-state index contributed by atoms with van der Waals surface area (Å²) in [6.45, 7) is 0.837. The predicted molar refractivity (Wildman–Crippen MR) is 97.1 cm³/mol. The van der Waals surface area contributed by atoms with Crippen LogP contribution in [0.3, 0.4) is 0 Å². The zero-order chi connectivity index (χ0) is 17.6. The summed E-state index contributed by atoms with van der Waals surface area (Å²) in [4.78, 5) is 31.2. The van der Waals surface area contributed by atoms with Crippen LogP contribution in [0.2, 0.25) is 0 Å². The molecule has 0 atom stereocenters. The van der Waals surface area contributed by atoms with Crippen LogP contribution in [0, 0.1) is 0 Å². The molecule has 5 nitrogen and oxygen atoms in total. The van der Waals surface area contributed by atoms with Gasteiger partial charge in [0.1, 0.15) is 5.70 Å². The first-order chi connectivity index (χ1) is 12.1. The Balaban J connectivity index is 1.72. The van der Waals surface area contributed by atoms with Gasteiger partial charge in [-0.3, -0.25) is 9.59 Å². The van der Waals surface area contributed by atoms with Gasteiger partial charge in [-0.05, 0) is 17.7 Å². The van der Waals surface area contributed by atoms with Gasteiger partial charge in [-0.15, -0.1) is 0 Å². The Morgan fingerprint density at radius 2 is 1.40 bits per heavy atom. The van der Waals surface area contributed by atoms with Crippen molar-refractivity contribution < 1.29 is 9.59 Å². The first-order valence-corrected chi connectivity index (χ1v) is 8.25. The molecule has 0 aliphatic carbocycles. The van der Waals surface area contributed by atoms with E-state index in [0.717, 1.165) is 16.9 Å². The lowest BCUT2D eigenvalue weighted by Crippen LogP contribution is -2.33. The van der Waals surface area contributed by atoms with Crippen LogP contribution in [0.1, 0.15) is 5.56 Å². The molecule has 0 aromatic heterocycles. The number of nitrogens with zero attached hydrogens (tertiary/aromatic N) is 3. The standard InChI is InChI=1S/C20H19N3O2/c1-21-16-10-6-7-11-17(16)22(2)19(24)15-13-23(20(25)18(15)21)12-14-8-4-3-5-9-14/h3-11H,12-13H2,1-2H3. The Morgan fingerprint density at radius 3 is 2.08 bits per heavy atom. The van der Waals surface area contributed by atoms with Gasteiger partial charge in [0.25, 0.3) is 11.8 Å². The highest BCUT2D eigenvalue weighted by Crippen LogP contribution is 2.38. The Bertz CT molecular complexity index is 889. The lowest BCUT2D eigenvalue weighted by atomic mass is 10.2. The van der Waals surface area contributed by atoms with Crippen molar-refractivity contribution in [3.05, 3.63) is 71.4 Å². The lowest BCUT2D eigenvalue weighted by molar-refractivity contribution is -0.126. The summed E-state index contributed by atoms with van der Waals surface area (Å²) in [6, 6.07) is 17.5. The average Bonchev–Trinajstić information content (AvgIpc) is 2.93. The van der Waals surface area contributed by atoms with Crippen LogP contribution < -0.4 is 9.80 Å². The zero-order valence-corrected chi connectivity index (χ0v) is 14.3. The number of carbonyl (C=O) groups excluding carboxylic acids is 2. The fourth-order valence-electron chi connectivity index (χ4n) is 3.53. The maximum absolute atomic E-state index is 13.0. The van der Waals surface area contributed by atoms with Gasteiger partial charge in [-0.1, -0.05) is 42.5 Å². The Labute approximate surface area is 146 Å². The van der Waals surface area contributed by atoms with Crippen LogP contribution in [-0.2, 0) is 16.1 Å². The number of fused-ring (bicyclic) bond motifs is 1. The van der Waals surface area contributed by atoms with Gasteiger partial charge in [0, 0.05) is 20.6 Å². The summed E-state index contributed by atoms with van der Waals surface area (Å²) >= 11 is 0. The van der Waals surface area contributed by atoms with Crippen LogP contribution in [0.5, 0.6) is 0 Å². The monoisotopic (exact) mass is 333 g/mol. The van der Waals surface area contributed by atoms with E-state index in [0.29, 0.717) is 24.4 Å². The van der Waals surface area contributed by atoms with E-state index in [1.54, 1.807) is 16.8 Å². The molecule has 0 spiro atoms. The molecule has 0 fully saturated rings. The highest BCUT2D eigenvalue weighted by molar-refractivity contribution is 6.18. The molecule has 0 saturated carbocycles. The second-order valence-corrected chi connectivity index (χ2v) is 6.39. The van der Waals surface area contributed by atoms with Crippen molar-refractivity contribution in [1.82, 2.24) is 4.90 Å². The summed E-state index contributed by atoms with van der Waals surface area (Å²) < 4.78 is 0. The molecule has 4 rings (SSSR count). The molecule has 2 aromatic rings. The van der Waals surface area contributed by atoms with E-state index < -0.39 is 0 Å². The maximum atomic E-state index is 13.0. The maximum Gasteiger partial charge on any atom is 0.271 e. The fourth-order valence-corrected chi connectivity index (χ4v) is 3.53. The molecule has 2 aliphatic rings. The molecular formula is C20H19N3O2. The van der Waals surface area contributed by atoms with E-state index in [1.807, 2.05) is 66.5 Å². The molecule has 0 bridgehead atoms. The fraction of sp³-hybridized carbons (Fsp3) is 0.200. The number of hydrogen-bond donors (Lipinski definition) is 0. The normalized spacial score (nSPS) is 17.0. The Kier molecular flexibility index (Phi) is 3.57. The van der Waals surface area contributed by atoms with Crippen molar-refractivity contribution in [3.8, 4) is 0 Å². The van der Waals surface area contributed by atoms with Gasteiger partial charge >= 0.3 is 0 Å². The number of para-hydroxylation sites is 2. The summed E-state index contributed by atoms with van der Waals surface area (Å²) in [5.41, 5.74) is 3.77. The third-order valence-corrected chi connectivity index (χ3v) is 4.84. The molecule has 5 heteroatoms. The molecule has 2 amide bonds. The van der Waals surface area contributed by atoms with E-state index in [-0.39, 0.29) is 11.8 Å². The third-order valence-electron chi connectivity index (χ3n) is 4.84. The highest BCUT2D eigenvalue weighted by Gasteiger charge is 2.40. The van der Waals surface area contributed by atoms with Gasteiger partial charge in [0.05, 0.1) is 23.5 Å². The van der Waals surface area contributed by atoms with Crippen LogP contribution >= 0.6 is 0 Å². The topological polar surface area (TPSA) is 43.9 Å². The minimum Gasteiger partial charge on any atom is -0.338 e. The van der Waals surface area contributed by atoms with Crippen molar-refractivity contribution in [2.75, 3.05) is 30.4 Å². The minimum atomic E-state index is -0.115. The van der Waals surface area contributed by atoms with E-state index in [2.05, 4.69) is 0 Å². The van der Waals surface area contributed by atoms with Crippen LogP contribution in [-0.4, -0.2) is 37.4 Å². The first-order valence-electron chi connectivity index (χ1n) is 8.25. The summed E-state index contributed by atoms with van der Waals surface area (Å²) in [5.74, 6) is -0.212. The quantitative estimate of drug-likeness (QED) is 0.848. The molecule has 126 valence electrons. The lowest BCUT2D eigenvalue weighted by Gasteiger charge is -2.25. The van der Waals surface area contributed by atoms with Crippen molar-refractivity contribution in [3.63, 3.8) is 0 Å². The minimum absolute atomic E-state index is 0.0974. The van der Waals surface area contributed by atoms with Crippen molar-refractivity contribution >= 4 is 23.2 Å². The zero-order valence-electron chi connectivity index (χ0n) is 14.3. The number of anilines is 2. The van der Waals surface area contributed by atoms with Crippen LogP contribution in [0.4, 0.5) is 11.4 Å². The third kappa shape index (κ3) is 2.39. The number of likely N-dealkylation sites (N-methyl/N-ethyl adjacent to an activating group) is 2. The molecule has 25 heavy (non-hydrogen) atoms. The van der Waals surface area contributed by atoms with Crippen LogP contribution in [0.25, 0.3) is 0 Å². The number of hydrogen-bond acceptors (Lipinski definition) is 3. The number of benzene rings is 2. The highest BCUT2D eigenvalue weighted by atomic mass is 16.2. The smallest absolute Gasteiger partial charge is 0.271 e. The first kappa shape index (κ1) is 15.4. The molecule has 2 heterocycles. The van der Waals surface area contributed by atoms with Gasteiger partial charge < -0.3 is 14.7 Å². The second-order valence-electron chi connectivity index (χ2n) is 6.39. The van der Waals surface area contributed by atoms with Gasteiger partial charge in [-0.2, -0.15) is 0 Å². The summed E-state index contributed by atoms with van der Waals surface area (Å²) in [5, 5.41) is 0. The Hall–Kier alpha value is -3.08. The molecular weight excluding hydrogens is 314 g/mol. The second kappa shape index (κ2) is 5.77. The average molecular weight is 333 g/mol. The van der Waals surface area contributed by atoms with Gasteiger partial charge in [-0.25, -0.2) is 0 Å². The molecule has 0 radical (unpaired) electrons. The van der Waals surface area contributed by atoms with E-state index in [1.165, 1.54) is 0 Å². The predicted octanol–water partition coefficient (Wildman–Crippen LogP) is 2.40. The van der Waals surface area contributed by atoms with Gasteiger partial charge in [0.15, 0.2) is 0 Å². The number of carbonyl (C=O) groups is 2. The summed E-state index contributed by atoms with van der Waals surface area (Å²) in [7, 11) is 3.61. The van der Waals surface area contributed by atoms with E-state index in [4.69, 9.17) is 0 Å². The molecule has 0 unspecified atom stereocenters. The number of amides is 2. The van der Waals surface area contributed by atoms with E-state index >= 15 is 0 Å². The van der Waals surface area contributed by atoms with Crippen molar-refractivity contribution in [2.45, 2.75) is 6.54 Å². The van der Waals surface area contributed by atoms with Crippen LogP contribution in [0.15, 0.2) is 65.9 Å². The van der Waals surface area contributed by atoms with Crippen molar-refractivity contribution in [1.29, 1.82) is 0 Å². The largest absolute Gasteiger partial charge is 0.338 e. The Morgan fingerprint density at radius 1 is 0.800 bits per heavy atom. The molecule has 2 aromatic carbocycles. The SMILES string of the molecule is CN1C(=O)C2=C(C(=O)N(Cc3ccccc3)C2)N(C)c2ccccc21. The van der Waals surface area contributed by atoms with Crippen molar-refractivity contribution in [2.24, 2.45) is 0 Å². The molecule has 2 aliphatic heterocycles. The summed E-state index contributed by atoms with van der Waals surface area (Å²) in [6.07, 6.45) is 0. The molecule has 0 N–H and O–H groups in total. The number of rotatable bonds is 2.